The molecule has 1 aliphatic rings. The minimum Gasteiger partial charge on any atom is -0.450 e. The van der Waals surface area contributed by atoms with Gasteiger partial charge in [0.1, 0.15) is 11.4 Å². The fourth-order valence-electron chi connectivity index (χ4n) is 4.20. The number of amides is 1. The van der Waals surface area contributed by atoms with Crippen LogP contribution in [0.4, 0.5) is 10.1 Å². The zero-order chi connectivity index (χ0) is 23.3. The quantitative estimate of drug-likeness (QED) is 0.330. The van der Waals surface area contributed by atoms with Crippen molar-refractivity contribution in [2.75, 3.05) is 0 Å². The monoisotopic (exact) mass is 444 g/mol. The predicted octanol–water partition coefficient (Wildman–Crippen LogP) is 4.89. The summed E-state index contributed by atoms with van der Waals surface area (Å²) in [5.74, 6) is -1.25. The van der Waals surface area contributed by atoms with Gasteiger partial charge in [-0.05, 0) is 36.2 Å². The molecular weight excluding hydrogens is 427 g/mol. The number of hydrogen-bond acceptors (Lipinski definition) is 5. The van der Waals surface area contributed by atoms with Crippen molar-refractivity contribution >= 4 is 22.6 Å². The normalized spacial score (nSPS) is 15.2. The number of halogens is 1. The minimum atomic E-state index is -0.919. The molecule has 0 spiro atoms. The lowest BCUT2D eigenvalue weighted by molar-refractivity contribution is -0.384. The highest BCUT2D eigenvalue weighted by Gasteiger charge is 2.43. The molecule has 0 fully saturated rings. The van der Waals surface area contributed by atoms with E-state index in [2.05, 4.69) is 0 Å². The molecule has 0 N–H and O–H groups in total. The van der Waals surface area contributed by atoms with Crippen LogP contribution in [0.5, 0.6) is 0 Å². The lowest BCUT2D eigenvalue weighted by Gasteiger charge is -2.25. The topological polar surface area (TPSA) is 93.7 Å². The van der Waals surface area contributed by atoms with E-state index in [1.165, 1.54) is 29.2 Å². The molecule has 5 rings (SSSR count). The Hall–Kier alpha value is -4.33. The van der Waals surface area contributed by atoms with Gasteiger partial charge in [-0.15, -0.1) is 0 Å². The van der Waals surface area contributed by atoms with Gasteiger partial charge in [0.15, 0.2) is 5.43 Å². The average Bonchev–Trinajstić information content (AvgIpc) is 3.08. The first-order valence-corrected chi connectivity index (χ1v) is 10.2. The number of nitro groups is 1. The molecule has 1 atom stereocenters. The minimum absolute atomic E-state index is 0.00849. The van der Waals surface area contributed by atoms with E-state index in [1.807, 2.05) is 31.2 Å². The molecule has 1 amide bonds. The molecule has 0 bridgehead atoms. The zero-order valence-corrected chi connectivity index (χ0v) is 17.4. The zero-order valence-electron chi connectivity index (χ0n) is 17.4. The van der Waals surface area contributed by atoms with E-state index >= 15 is 0 Å². The Labute approximate surface area is 186 Å². The smallest absolute Gasteiger partial charge is 0.291 e. The summed E-state index contributed by atoms with van der Waals surface area (Å²) in [4.78, 5) is 39.1. The third kappa shape index (κ3) is 3.45. The number of hydrogen-bond donors (Lipinski definition) is 0. The highest BCUT2D eigenvalue weighted by molar-refractivity contribution is 5.99. The van der Waals surface area contributed by atoms with Crippen LogP contribution in [-0.2, 0) is 6.54 Å². The lowest BCUT2D eigenvalue weighted by atomic mass is 9.97. The van der Waals surface area contributed by atoms with Crippen molar-refractivity contribution in [2.45, 2.75) is 19.5 Å². The summed E-state index contributed by atoms with van der Waals surface area (Å²) in [7, 11) is 0. The molecule has 0 saturated carbocycles. The molecule has 2 heterocycles. The number of non-ortho nitro benzene ring substituents is 1. The number of benzene rings is 3. The van der Waals surface area contributed by atoms with E-state index in [0.29, 0.717) is 5.56 Å². The van der Waals surface area contributed by atoms with Crippen LogP contribution in [0.3, 0.4) is 0 Å². The van der Waals surface area contributed by atoms with Crippen molar-refractivity contribution in [2.24, 2.45) is 0 Å². The predicted molar refractivity (Wildman–Crippen MR) is 118 cm³/mol. The molecule has 1 aromatic heterocycles. The van der Waals surface area contributed by atoms with Gasteiger partial charge in [-0.1, -0.05) is 42.0 Å². The van der Waals surface area contributed by atoms with E-state index in [-0.39, 0.29) is 34.5 Å². The first-order valence-electron chi connectivity index (χ1n) is 10.2. The second-order valence-corrected chi connectivity index (χ2v) is 7.99. The van der Waals surface area contributed by atoms with E-state index in [9.17, 15) is 24.1 Å². The van der Waals surface area contributed by atoms with Crippen LogP contribution in [0.15, 0.2) is 75.9 Å². The molecular formula is C25H17FN2O5. The molecule has 33 heavy (non-hydrogen) atoms. The first kappa shape index (κ1) is 20.6. The molecule has 8 heteroatoms. The maximum Gasteiger partial charge on any atom is 0.291 e. The molecule has 7 nitrogen and oxygen atoms in total. The Morgan fingerprint density at radius 1 is 1.06 bits per heavy atom. The van der Waals surface area contributed by atoms with Crippen molar-refractivity contribution in [1.29, 1.82) is 0 Å². The number of rotatable bonds is 4. The number of carbonyl (C=O) groups is 1. The van der Waals surface area contributed by atoms with Crippen molar-refractivity contribution in [3.05, 3.63) is 121 Å². The van der Waals surface area contributed by atoms with Crippen LogP contribution in [0, 0.1) is 22.9 Å². The van der Waals surface area contributed by atoms with Gasteiger partial charge in [-0.2, -0.15) is 0 Å². The molecule has 1 unspecified atom stereocenters. The summed E-state index contributed by atoms with van der Waals surface area (Å²) in [6, 6.07) is 16.0. The SMILES string of the molecule is Cc1ccc(CN2C(=O)c3oc4ccc(F)cc4c(=O)c3C2c2cccc([N+](=O)[O-])c2)cc1. The van der Waals surface area contributed by atoms with Gasteiger partial charge in [-0.3, -0.25) is 19.7 Å². The number of fused-ring (bicyclic) bond motifs is 2. The highest BCUT2D eigenvalue weighted by Crippen LogP contribution is 2.40. The third-order valence-electron chi connectivity index (χ3n) is 5.80. The number of carbonyl (C=O) groups excluding carboxylic acids is 1. The van der Waals surface area contributed by atoms with Gasteiger partial charge < -0.3 is 9.32 Å². The van der Waals surface area contributed by atoms with Crippen molar-refractivity contribution in [3.8, 4) is 0 Å². The lowest BCUT2D eigenvalue weighted by Crippen LogP contribution is -2.29. The van der Waals surface area contributed by atoms with Gasteiger partial charge >= 0.3 is 0 Å². The Morgan fingerprint density at radius 2 is 1.82 bits per heavy atom. The largest absolute Gasteiger partial charge is 0.450 e. The van der Waals surface area contributed by atoms with Crippen LogP contribution >= 0.6 is 0 Å². The molecule has 0 aliphatic carbocycles. The van der Waals surface area contributed by atoms with E-state index in [4.69, 9.17) is 4.42 Å². The van der Waals surface area contributed by atoms with E-state index in [0.717, 1.165) is 23.3 Å². The van der Waals surface area contributed by atoms with E-state index in [1.54, 1.807) is 6.07 Å². The first-order chi connectivity index (χ1) is 15.8. The van der Waals surface area contributed by atoms with Gasteiger partial charge in [0, 0.05) is 18.7 Å². The van der Waals surface area contributed by atoms with Crippen molar-refractivity contribution in [3.63, 3.8) is 0 Å². The van der Waals surface area contributed by atoms with Crippen LogP contribution in [0.25, 0.3) is 11.0 Å². The summed E-state index contributed by atoms with van der Waals surface area (Å²) in [6.45, 7) is 2.10. The van der Waals surface area contributed by atoms with Crippen LogP contribution in [-0.4, -0.2) is 15.7 Å². The van der Waals surface area contributed by atoms with Gasteiger partial charge in [0.25, 0.3) is 11.6 Å². The van der Waals surface area contributed by atoms with Crippen LogP contribution in [0.2, 0.25) is 0 Å². The summed E-state index contributed by atoms with van der Waals surface area (Å²) in [5, 5.41) is 11.4. The summed E-state index contributed by atoms with van der Waals surface area (Å²) < 4.78 is 19.6. The summed E-state index contributed by atoms with van der Waals surface area (Å²) >= 11 is 0. The van der Waals surface area contributed by atoms with Crippen molar-refractivity contribution in [1.82, 2.24) is 4.90 Å². The molecule has 3 aromatic carbocycles. The maximum atomic E-state index is 13.9. The highest BCUT2D eigenvalue weighted by atomic mass is 19.1. The standard InChI is InChI=1S/C25H17FN2O5/c1-14-5-7-15(8-6-14)13-27-22(16-3-2-4-18(11-16)28(31)32)21-23(29)19-12-17(26)9-10-20(19)33-24(21)25(27)30/h2-12,22H,13H2,1H3. The third-order valence-corrected chi connectivity index (χ3v) is 5.80. The second-order valence-electron chi connectivity index (χ2n) is 7.99. The number of nitro benzene ring substituents is 1. The molecule has 4 aromatic rings. The summed E-state index contributed by atoms with van der Waals surface area (Å²) in [5.41, 5.74) is 1.71. The molecule has 164 valence electrons. The molecule has 0 radical (unpaired) electrons. The number of aryl methyl sites for hydroxylation is 1. The van der Waals surface area contributed by atoms with Crippen LogP contribution in [0.1, 0.15) is 38.9 Å². The van der Waals surface area contributed by atoms with Crippen LogP contribution < -0.4 is 5.43 Å². The van der Waals surface area contributed by atoms with Gasteiger partial charge in [0.05, 0.1) is 21.9 Å². The Kier molecular flexibility index (Phi) is 4.78. The maximum absolute atomic E-state index is 13.9. The average molecular weight is 444 g/mol. The van der Waals surface area contributed by atoms with E-state index < -0.39 is 28.1 Å². The fourth-order valence-corrected chi connectivity index (χ4v) is 4.20. The Bertz CT molecular complexity index is 1490. The Morgan fingerprint density at radius 3 is 2.55 bits per heavy atom. The molecule has 0 saturated heterocycles. The summed E-state index contributed by atoms with van der Waals surface area (Å²) in [6.07, 6.45) is 0. The van der Waals surface area contributed by atoms with Gasteiger partial charge in [-0.25, -0.2) is 4.39 Å². The molecule has 1 aliphatic heterocycles. The van der Waals surface area contributed by atoms with Gasteiger partial charge in [0.2, 0.25) is 5.76 Å². The second kappa shape index (κ2) is 7.67. The Balaban J connectivity index is 1.73. The van der Waals surface area contributed by atoms with Crippen molar-refractivity contribution < 1.29 is 18.5 Å². The number of nitrogens with zero attached hydrogens (tertiary/aromatic N) is 2. The fraction of sp³-hybridized carbons (Fsp3) is 0.120.